The second-order valence-corrected chi connectivity index (χ2v) is 10.0. The number of carboxylic acids is 1. The quantitative estimate of drug-likeness (QED) is 0.539. The average Bonchev–Trinajstić information content (AvgIpc) is 2.78. The third-order valence-corrected chi connectivity index (χ3v) is 8.15. The highest BCUT2D eigenvalue weighted by Crippen LogP contribution is 2.44. The number of hydrogen-bond donors (Lipinski definition) is 1. The molecule has 1 N–H and O–H groups in total. The minimum absolute atomic E-state index is 0.205. The van der Waals surface area contributed by atoms with Crippen LogP contribution < -0.4 is 15.3 Å². The van der Waals surface area contributed by atoms with Crippen LogP contribution in [0.5, 0.6) is 5.75 Å². The third kappa shape index (κ3) is 4.39. The maximum atomic E-state index is 14.2. The zero-order chi connectivity index (χ0) is 21.7. The highest BCUT2D eigenvalue weighted by molar-refractivity contribution is 7.78. The molecule has 0 bridgehead atoms. The van der Waals surface area contributed by atoms with E-state index in [4.69, 9.17) is 4.74 Å². The molecule has 0 aliphatic heterocycles. The van der Waals surface area contributed by atoms with E-state index >= 15 is 0 Å². The number of aromatic carboxylic acids is 1. The zero-order valence-corrected chi connectivity index (χ0v) is 18.2. The minimum atomic E-state index is -2.92. The normalized spacial score (nSPS) is 11.9. The Bertz CT molecular complexity index is 1080. The summed E-state index contributed by atoms with van der Waals surface area (Å²) >= 11 is 0. The van der Waals surface area contributed by atoms with E-state index in [-0.39, 0.29) is 5.56 Å². The number of hydrogen-bond acceptors (Lipinski definition) is 3. The molecule has 0 aromatic heterocycles. The van der Waals surface area contributed by atoms with E-state index < -0.39 is 13.1 Å². The van der Waals surface area contributed by atoms with Crippen molar-refractivity contribution in [3.05, 3.63) is 95.6 Å². The van der Waals surface area contributed by atoms with E-state index in [1.807, 2.05) is 80.6 Å². The van der Waals surface area contributed by atoms with Crippen LogP contribution in [0.1, 0.15) is 28.4 Å². The molecule has 154 valence electrons. The van der Waals surface area contributed by atoms with Crippen molar-refractivity contribution in [1.29, 1.82) is 0 Å². The standard InChI is InChI=1S/C25H25O4P/c1-18(22-17-24(29-3)19(2)16-23(22)25(26)27)14-15-30(28,20-10-6-4-7-11-20)21-12-8-5-9-13-21/h4-14,16-17H,15H2,1-3H3,(H,26,27). The average molecular weight is 420 g/mol. The second-order valence-electron chi connectivity index (χ2n) is 7.15. The van der Waals surface area contributed by atoms with Gasteiger partial charge in [-0.25, -0.2) is 4.79 Å². The van der Waals surface area contributed by atoms with Crippen molar-refractivity contribution in [2.24, 2.45) is 0 Å². The van der Waals surface area contributed by atoms with Crippen LogP contribution in [0.3, 0.4) is 0 Å². The fourth-order valence-electron chi connectivity index (χ4n) is 3.48. The van der Waals surface area contributed by atoms with Crippen molar-refractivity contribution in [1.82, 2.24) is 0 Å². The van der Waals surface area contributed by atoms with Gasteiger partial charge in [0.25, 0.3) is 0 Å². The summed E-state index contributed by atoms with van der Waals surface area (Å²) in [4.78, 5) is 11.8. The van der Waals surface area contributed by atoms with Gasteiger partial charge in [-0.2, -0.15) is 0 Å². The van der Waals surface area contributed by atoms with E-state index in [1.54, 1.807) is 19.2 Å². The lowest BCUT2D eigenvalue weighted by Crippen LogP contribution is -2.17. The van der Waals surface area contributed by atoms with Crippen LogP contribution in [-0.2, 0) is 4.57 Å². The first-order valence-corrected chi connectivity index (χ1v) is 11.6. The van der Waals surface area contributed by atoms with E-state index in [0.717, 1.165) is 21.7 Å². The molecule has 0 atom stereocenters. The molecule has 0 unspecified atom stereocenters. The van der Waals surface area contributed by atoms with Crippen LogP contribution in [0.15, 0.2) is 78.9 Å². The summed E-state index contributed by atoms with van der Waals surface area (Å²) < 4.78 is 19.5. The van der Waals surface area contributed by atoms with Crippen molar-refractivity contribution in [2.45, 2.75) is 13.8 Å². The predicted octanol–water partition coefficient (Wildman–Crippen LogP) is 5.12. The Hall–Kier alpha value is -3.10. The van der Waals surface area contributed by atoms with Crippen LogP contribution in [0, 0.1) is 6.92 Å². The molecule has 5 heteroatoms. The molecule has 0 heterocycles. The summed E-state index contributed by atoms with van der Waals surface area (Å²) in [6, 6.07) is 22.2. The molecule has 0 saturated heterocycles. The molecule has 4 nitrogen and oxygen atoms in total. The number of allylic oxidation sites excluding steroid dienone is 2. The number of methoxy groups -OCH3 is 1. The Morgan fingerprint density at radius 3 is 1.97 bits per heavy atom. The van der Waals surface area contributed by atoms with Gasteiger partial charge in [0, 0.05) is 16.8 Å². The van der Waals surface area contributed by atoms with Gasteiger partial charge in [0.2, 0.25) is 0 Å². The maximum absolute atomic E-state index is 14.2. The Balaban J connectivity index is 2.08. The fourth-order valence-corrected chi connectivity index (χ4v) is 6.04. The molecule has 30 heavy (non-hydrogen) atoms. The summed E-state index contributed by atoms with van der Waals surface area (Å²) in [5, 5.41) is 11.2. The SMILES string of the molecule is COc1cc(C(C)=CCP(=O)(c2ccccc2)c2ccccc2)c(C(=O)O)cc1C. The van der Waals surface area contributed by atoms with Gasteiger partial charge in [0.15, 0.2) is 0 Å². The van der Waals surface area contributed by atoms with Crippen molar-refractivity contribution < 1.29 is 19.2 Å². The summed E-state index contributed by atoms with van der Waals surface area (Å²) in [5.41, 5.74) is 2.28. The van der Waals surface area contributed by atoms with E-state index in [9.17, 15) is 14.5 Å². The third-order valence-electron chi connectivity index (χ3n) is 5.19. The summed E-state index contributed by atoms with van der Waals surface area (Å²) in [5.74, 6) is -0.380. The lowest BCUT2D eigenvalue weighted by atomic mass is 9.98. The van der Waals surface area contributed by atoms with Crippen molar-refractivity contribution >= 4 is 29.3 Å². The fraction of sp³-hybridized carbons (Fsp3) is 0.160. The first-order valence-electron chi connectivity index (χ1n) is 9.66. The van der Waals surface area contributed by atoms with Gasteiger partial charge < -0.3 is 14.4 Å². The number of rotatable bonds is 7. The van der Waals surface area contributed by atoms with Crippen LogP contribution in [0.25, 0.3) is 5.57 Å². The van der Waals surface area contributed by atoms with E-state index in [0.29, 0.717) is 17.5 Å². The van der Waals surface area contributed by atoms with Gasteiger partial charge in [0.05, 0.1) is 12.7 Å². The molecule has 0 amide bonds. The van der Waals surface area contributed by atoms with Crippen molar-refractivity contribution in [3.63, 3.8) is 0 Å². The van der Waals surface area contributed by atoms with E-state index in [1.165, 1.54) is 0 Å². The Labute approximate surface area is 177 Å². The van der Waals surface area contributed by atoms with E-state index in [2.05, 4.69) is 0 Å². The van der Waals surface area contributed by atoms with Gasteiger partial charge >= 0.3 is 5.97 Å². The molecule has 0 radical (unpaired) electrons. The van der Waals surface area contributed by atoms with Crippen molar-refractivity contribution in [2.75, 3.05) is 13.3 Å². The largest absolute Gasteiger partial charge is 0.496 e. The molecular weight excluding hydrogens is 395 g/mol. The molecule has 0 spiro atoms. The number of ether oxygens (including phenoxy) is 1. The molecule has 3 rings (SSSR count). The monoisotopic (exact) mass is 420 g/mol. The first-order chi connectivity index (χ1) is 14.4. The Morgan fingerprint density at radius 1 is 0.967 bits per heavy atom. The summed E-state index contributed by atoms with van der Waals surface area (Å²) in [6.07, 6.45) is 2.17. The molecule has 0 saturated carbocycles. The smallest absolute Gasteiger partial charge is 0.336 e. The van der Waals surface area contributed by atoms with Crippen LogP contribution >= 0.6 is 7.14 Å². The molecule has 0 aliphatic rings. The lowest BCUT2D eigenvalue weighted by molar-refractivity contribution is 0.0696. The minimum Gasteiger partial charge on any atom is -0.496 e. The van der Waals surface area contributed by atoms with Crippen LogP contribution in [0.4, 0.5) is 0 Å². The van der Waals surface area contributed by atoms with Crippen molar-refractivity contribution in [3.8, 4) is 5.75 Å². The highest BCUT2D eigenvalue weighted by atomic mass is 31.2. The molecule has 0 aliphatic carbocycles. The van der Waals surface area contributed by atoms with Gasteiger partial charge in [0.1, 0.15) is 12.9 Å². The van der Waals surface area contributed by atoms with Gasteiger partial charge in [-0.15, -0.1) is 0 Å². The maximum Gasteiger partial charge on any atom is 0.336 e. The first kappa shape index (κ1) is 21.6. The molecule has 3 aromatic carbocycles. The molecule has 3 aromatic rings. The zero-order valence-electron chi connectivity index (χ0n) is 17.3. The summed E-state index contributed by atoms with van der Waals surface area (Å²) in [7, 11) is -1.36. The number of carbonyl (C=O) groups is 1. The van der Waals surface area contributed by atoms with Gasteiger partial charge in [-0.1, -0.05) is 66.7 Å². The second kappa shape index (κ2) is 9.15. The number of benzene rings is 3. The lowest BCUT2D eigenvalue weighted by Gasteiger charge is -2.19. The Morgan fingerprint density at radius 2 is 1.50 bits per heavy atom. The highest BCUT2D eigenvalue weighted by Gasteiger charge is 2.26. The number of carboxylic acid groups (broad SMARTS) is 1. The number of aryl methyl sites for hydroxylation is 1. The van der Waals surface area contributed by atoms with Crippen LogP contribution in [-0.4, -0.2) is 24.3 Å². The summed E-state index contributed by atoms with van der Waals surface area (Å²) in [6.45, 7) is 3.66. The van der Waals surface area contributed by atoms with Gasteiger partial charge in [-0.3, -0.25) is 0 Å². The Kier molecular flexibility index (Phi) is 6.59. The van der Waals surface area contributed by atoms with Crippen LogP contribution in [0.2, 0.25) is 0 Å². The van der Waals surface area contributed by atoms with Gasteiger partial charge in [-0.05, 0) is 42.7 Å². The predicted molar refractivity (Wildman–Crippen MR) is 123 cm³/mol. The molecular formula is C25H25O4P. The molecule has 0 fully saturated rings. The topological polar surface area (TPSA) is 63.6 Å².